The first-order chi connectivity index (χ1) is 17.0. The van der Waals surface area contributed by atoms with E-state index < -0.39 is 11.9 Å². The summed E-state index contributed by atoms with van der Waals surface area (Å²) in [6.45, 7) is 6.41. The Balaban J connectivity index is 0.000000509. The minimum Gasteiger partial charge on any atom is -0.473 e. The van der Waals surface area contributed by atoms with Crippen molar-refractivity contribution in [3.8, 4) is 11.5 Å². The molecule has 2 N–H and O–H groups in total. The van der Waals surface area contributed by atoms with Crippen molar-refractivity contribution in [1.82, 2.24) is 9.80 Å². The van der Waals surface area contributed by atoms with E-state index in [-0.39, 0.29) is 0 Å². The molecule has 0 aliphatic carbocycles. The fraction of sp³-hybridized carbons (Fsp3) is 0.214. The number of nitrogens with zero attached hydrogens (tertiary/aromatic N) is 2. The molecule has 7 nitrogen and oxygen atoms in total. The van der Waals surface area contributed by atoms with E-state index >= 15 is 0 Å². The van der Waals surface area contributed by atoms with Crippen molar-refractivity contribution in [1.29, 1.82) is 0 Å². The van der Waals surface area contributed by atoms with E-state index in [2.05, 4.69) is 70.5 Å². The van der Waals surface area contributed by atoms with Crippen LogP contribution in [0, 0.1) is 0 Å². The van der Waals surface area contributed by atoms with Gasteiger partial charge in [-0.3, -0.25) is 9.80 Å². The van der Waals surface area contributed by atoms with Gasteiger partial charge >= 0.3 is 11.9 Å². The van der Waals surface area contributed by atoms with Gasteiger partial charge in [-0.2, -0.15) is 0 Å². The van der Waals surface area contributed by atoms with Crippen molar-refractivity contribution in [3.05, 3.63) is 102 Å². The first kappa shape index (κ1) is 25.7. The second-order valence-corrected chi connectivity index (χ2v) is 8.06. The molecule has 3 aromatic carbocycles. The molecule has 3 aromatic rings. The molecule has 1 heterocycles. The maximum Gasteiger partial charge on any atom is 0.414 e. The summed E-state index contributed by atoms with van der Waals surface area (Å²) in [5, 5.41) is 14.8. The Morgan fingerprint density at radius 2 is 1.31 bits per heavy atom. The molecule has 1 saturated heterocycles. The number of rotatable bonds is 7. The van der Waals surface area contributed by atoms with Crippen molar-refractivity contribution in [2.45, 2.75) is 6.54 Å². The minimum atomic E-state index is -1.82. The van der Waals surface area contributed by atoms with E-state index in [9.17, 15) is 0 Å². The monoisotopic (exact) mass is 474 g/mol. The Morgan fingerprint density at radius 3 is 1.94 bits per heavy atom. The largest absolute Gasteiger partial charge is 0.473 e. The van der Waals surface area contributed by atoms with Gasteiger partial charge in [0.2, 0.25) is 0 Å². The molecule has 0 spiro atoms. The van der Waals surface area contributed by atoms with Crippen LogP contribution in [0.1, 0.15) is 11.1 Å². The van der Waals surface area contributed by atoms with E-state index in [4.69, 9.17) is 24.5 Å². The Morgan fingerprint density at radius 1 is 0.743 bits per heavy atom. The van der Waals surface area contributed by atoms with Crippen molar-refractivity contribution < 1.29 is 24.5 Å². The van der Waals surface area contributed by atoms with Crippen LogP contribution in [-0.2, 0) is 16.1 Å². The maximum absolute atomic E-state index is 9.10. The van der Waals surface area contributed by atoms with Crippen LogP contribution < -0.4 is 4.74 Å². The molecule has 0 radical (unpaired) electrons. The molecule has 4 rings (SSSR count). The number of piperazine rings is 1. The average molecular weight is 475 g/mol. The third-order valence-corrected chi connectivity index (χ3v) is 5.40. The number of ether oxygens (including phenoxy) is 1. The van der Waals surface area contributed by atoms with Crippen LogP contribution >= 0.6 is 0 Å². The van der Waals surface area contributed by atoms with Crippen LogP contribution in [0.5, 0.6) is 11.5 Å². The second-order valence-electron chi connectivity index (χ2n) is 8.06. The third kappa shape index (κ3) is 9.44. The fourth-order valence-electron chi connectivity index (χ4n) is 3.62. The number of carboxylic acid groups (broad SMARTS) is 2. The summed E-state index contributed by atoms with van der Waals surface area (Å²) in [5.41, 5.74) is 2.57. The summed E-state index contributed by atoms with van der Waals surface area (Å²) < 4.78 is 5.97. The van der Waals surface area contributed by atoms with Crippen molar-refractivity contribution in [2.75, 3.05) is 32.7 Å². The van der Waals surface area contributed by atoms with E-state index in [0.29, 0.717) is 0 Å². The van der Waals surface area contributed by atoms with Gasteiger partial charge in [0.15, 0.2) is 0 Å². The zero-order valence-electron chi connectivity index (χ0n) is 19.5. The first-order valence-corrected chi connectivity index (χ1v) is 11.4. The lowest BCUT2D eigenvalue weighted by Gasteiger charge is -2.34. The molecule has 0 bridgehead atoms. The lowest BCUT2D eigenvalue weighted by atomic mass is 10.2. The van der Waals surface area contributed by atoms with Gasteiger partial charge in [-0.25, -0.2) is 9.59 Å². The second kappa shape index (κ2) is 13.7. The molecule has 7 heteroatoms. The number of hydrogen-bond acceptors (Lipinski definition) is 5. The summed E-state index contributed by atoms with van der Waals surface area (Å²) in [4.78, 5) is 23.2. The van der Waals surface area contributed by atoms with E-state index in [1.165, 1.54) is 11.1 Å². The smallest absolute Gasteiger partial charge is 0.414 e. The topological polar surface area (TPSA) is 90.3 Å². The van der Waals surface area contributed by atoms with E-state index in [0.717, 1.165) is 50.8 Å². The fourth-order valence-corrected chi connectivity index (χ4v) is 3.62. The van der Waals surface area contributed by atoms with Crippen LogP contribution in [-0.4, -0.2) is 64.7 Å². The molecular weight excluding hydrogens is 444 g/mol. The Labute approximate surface area is 205 Å². The summed E-state index contributed by atoms with van der Waals surface area (Å²) >= 11 is 0. The molecule has 0 aromatic heterocycles. The van der Waals surface area contributed by atoms with Crippen LogP contribution in [0.15, 0.2) is 91.0 Å². The molecule has 1 aliphatic rings. The predicted molar refractivity (Wildman–Crippen MR) is 135 cm³/mol. The summed E-state index contributed by atoms with van der Waals surface area (Å²) in [5.74, 6) is -1.87. The summed E-state index contributed by atoms with van der Waals surface area (Å²) in [6.07, 6.45) is 4.49. The number of hydrogen-bond donors (Lipinski definition) is 2. The van der Waals surface area contributed by atoms with Gasteiger partial charge in [0.05, 0.1) is 0 Å². The number of aliphatic carboxylic acids is 2. The summed E-state index contributed by atoms with van der Waals surface area (Å²) in [7, 11) is 0. The Bertz CT molecular complexity index is 1080. The zero-order valence-corrected chi connectivity index (χ0v) is 19.5. The van der Waals surface area contributed by atoms with Crippen molar-refractivity contribution >= 4 is 18.0 Å². The third-order valence-electron chi connectivity index (χ3n) is 5.40. The van der Waals surface area contributed by atoms with Gasteiger partial charge in [0, 0.05) is 39.3 Å². The highest BCUT2D eigenvalue weighted by molar-refractivity contribution is 6.27. The highest BCUT2D eigenvalue weighted by atomic mass is 16.5. The molecule has 1 fully saturated rings. The van der Waals surface area contributed by atoms with Crippen LogP contribution in [0.4, 0.5) is 0 Å². The Hall–Kier alpha value is -3.94. The Kier molecular flexibility index (Phi) is 10.0. The van der Waals surface area contributed by atoms with Crippen molar-refractivity contribution in [3.63, 3.8) is 0 Å². The number of carbonyl (C=O) groups is 2. The number of carboxylic acids is 2. The molecule has 0 atom stereocenters. The van der Waals surface area contributed by atoms with Gasteiger partial charge < -0.3 is 14.9 Å². The van der Waals surface area contributed by atoms with Crippen LogP contribution in [0.3, 0.4) is 0 Å². The molecule has 182 valence electrons. The van der Waals surface area contributed by atoms with Gasteiger partial charge in [-0.1, -0.05) is 72.8 Å². The highest BCUT2D eigenvalue weighted by Crippen LogP contribution is 2.22. The van der Waals surface area contributed by atoms with Crippen LogP contribution in [0.2, 0.25) is 0 Å². The highest BCUT2D eigenvalue weighted by Gasteiger charge is 2.16. The van der Waals surface area contributed by atoms with Crippen molar-refractivity contribution in [2.24, 2.45) is 0 Å². The van der Waals surface area contributed by atoms with Gasteiger partial charge in [0.1, 0.15) is 11.5 Å². The maximum atomic E-state index is 9.10. The van der Waals surface area contributed by atoms with E-state index in [1.54, 1.807) is 0 Å². The standard InChI is InChI=1S/C26H28N2O.C2H2O4/c1-3-9-23(10-4-1)12-8-16-27-17-19-28(20-18-27)22-24-11-7-15-26(21-24)29-25-13-5-2-6-14-25;3-1(4)2(5)6/h1-15,21H,16-20,22H2;(H,3,4)(H,5,6). The molecule has 1 aliphatic heterocycles. The minimum absolute atomic E-state index is 0.877. The van der Waals surface area contributed by atoms with E-state index in [1.807, 2.05) is 36.4 Å². The predicted octanol–water partition coefficient (Wildman–Crippen LogP) is 4.47. The SMILES string of the molecule is C(=Cc1ccccc1)CN1CCN(Cc2cccc(Oc3ccccc3)c2)CC1.O=C(O)C(=O)O. The number of benzene rings is 3. The summed E-state index contributed by atoms with van der Waals surface area (Å²) in [6, 6.07) is 28.9. The molecular formula is C28H30N2O5. The molecule has 0 amide bonds. The van der Waals surface area contributed by atoms with Crippen LogP contribution in [0.25, 0.3) is 6.08 Å². The van der Waals surface area contributed by atoms with Gasteiger partial charge in [-0.05, 0) is 35.4 Å². The zero-order chi connectivity index (χ0) is 24.9. The number of para-hydroxylation sites is 1. The van der Waals surface area contributed by atoms with Gasteiger partial charge in [-0.15, -0.1) is 0 Å². The average Bonchev–Trinajstić information content (AvgIpc) is 2.87. The molecule has 0 unspecified atom stereocenters. The lowest BCUT2D eigenvalue weighted by Crippen LogP contribution is -2.45. The quantitative estimate of drug-likeness (QED) is 0.489. The first-order valence-electron chi connectivity index (χ1n) is 11.4. The van der Waals surface area contributed by atoms with Gasteiger partial charge in [0.25, 0.3) is 0 Å². The lowest BCUT2D eigenvalue weighted by molar-refractivity contribution is -0.159. The normalized spacial score (nSPS) is 14.2. The molecule has 35 heavy (non-hydrogen) atoms. The molecule has 0 saturated carbocycles.